The molecule has 1 aliphatic carbocycles. The molecule has 0 unspecified atom stereocenters. The van der Waals surface area contributed by atoms with E-state index in [4.69, 9.17) is 0 Å². The highest BCUT2D eigenvalue weighted by molar-refractivity contribution is 8.01. The van der Waals surface area contributed by atoms with Crippen molar-refractivity contribution >= 4 is 17.7 Å². The van der Waals surface area contributed by atoms with Gasteiger partial charge in [0.2, 0.25) is 5.91 Å². The standard InChI is InChI=1S/C11H16F3NOS/c12-11(13,14)7-15-6-5-9(10(15)16)17-8-3-1-2-4-8/h8-9H,1-7H2/t9-/m1/s1. The summed E-state index contributed by atoms with van der Waals surface area (Å²) in [4.78, 5) is 12.7. The molecular formula is C11H16F3NOS. The summed E-state index contributed by atoms with van der Waals surface area (Å²) in [6.07, 6.45) is 0.871. The number of hydrogen-bond donors (Lipinski definition) is 0. The number of carbonyl (C=O) groups excluding carboxylic acids is 1. The van der Waals surface area contributed by atoms with Crippen molar-refractivity contribution in [2.45, 2.75) is 48.8 Å². The summed E-state index contributed by atoms with van der Waals surface area (Å²) in [7, 11) is 0. The van der Waals surface area contributed by atoms with Crippen LogP contribution in [0.15, 0.2) is 0 Å². The molecule has 0 aromatic heterocycles. The maximum Gasteiger partial charge on any atom is 0.406 e. The Kier molecular flexibility index (Phi) is 3.90. The van der Waals surface area contributed by atoms with Crippen LogP contribution in [-0.2, 0) is 4.79 Å². The molecule has 1 heterocycles. The van der Waals surface area contributed by atoms with Crippen molar-refractivity contribution in [1.82, 2.24) is 4.90 Å². The molecule has 0 radical (unpaired) electrons. The summed E-state index contributed by atoms with van der Waals surface area (Å²) in [5.41, 5.74) is 0. The van der Waals surface area contributed by atoms with Crippen molar-refractivity contribution < 1.29 is 18.0 Å². The molecule has 17 heavy (non-hydrogen) atoms. The Bertz CT molecular complexity index is 289. The summed E-state index contributed by atoms with van der Waals surface area (Å²) in [6.45, 7) is -0.837. The Balaban J connectivity index is 1.84. The second-order valence-electron chi connectivity index (χ2n) is 4.69. The first-order valence-corrected chi connectivity index (χ1v) is 6.91. The van der Waals surface area contributed by atoms with Crippen LogP contribution in [0.5, 0.6) is 0 Å². The largest absolute Gasteiger partial charge is 0.406 e. The molecule has 2 aliphatic rings. The lowest BCUT2D eigenvalue weighted by Crippen LogP contribution is -2.37. The third-order valence-electron chi connectivity index (χ3n) is 3.28. The van der Waals surface area contributed by atoms with Crippen LogP contribution < -0.4 is 0 Å². The second-order valence-corrected chi connectivity index (χ2v) is 6.20. The van der Waals surface area contributed by atoms with Crippen molar-refractivity contribution in [3.05, 3.63) is 0 Å². The molecule has 0 N–H and O–H groups in total. The smallest absolute Gasteiger partial charge is 0.333 e. The Morgan fingerprint density at radius 3 is 2.47 bits per heavy atom. The molecule has 2 nitrogen and oxygen atoms in total. The predicted molar refractivity (Wildman–Crippen MR) is 60.9 cm³/mol. The van der Waals surface area contributed by atoms with Gasteiger partial charge in [-0.2, -0.15) is 13.2 Å². The van der Waals surface area contributed by atoms with Crippen LogP contribution >= 0.6 is 11.8 Å². The number of thioether (sulfide) groups is 1. The van der Waals surface area contributed by atoms with E-state index in [9.17, 15) is 18.0 Å². The Morgan fingerprint density at radius 1 is 1.24 bits per heavy atom. The van der Waals surface area contributed by atoms with E-state index in [0.717, 1.165) is 17.7 Å². The van der Waals surface area contributed by atoms with Gasteiger partial charge in [-0.3, -0.25) is 4.79 Å². The minimum Gasteiger partial charge on any atom is -0.333 e. The molecule has 1 saturated carbocycles. The normalized spacial score (nSPS) is 27.1. The van der Waals surface area contributed by atoms with Crippen molar-refractivity contribution in [2.24, 2.45) is 0 Å². The molecule has 1 saturated heterocycles. The molecule has 1 atom stereocenters. The first-order valence-electron chi connectivity index (χ1n) is 5.97. The van der Waals surface area contributed by atoms with E-state index in [1.54, 1.807) is 11.8 Å². The van der Waals surface area contributed by atoms with Crippen LogP contribution in [0.4, 0.5) is 13.2 Å². The van der Waals surface area contributed by atoms with E-state index in [1.165, 1.54) is 12.8 Å². The van der Waals surface area contributed by atoms with E-state index in [1.807, 2.05) is 0 Å². The number of carbonyl (C=O) groups is 1. The summed E-state index contributed by atoms with van der Waals surface area (Å²) >= 11 is 1.59. The highest BCUT2D eigenvalue weighted by Gasteiger charge is 2.40. The van der Waals surface area contributed by atoms with E-state index in [0.29, 0.717) is 11.7 Å². The van der Waals surface area contributed by atoms with Crippen LogP contribution in [0.1, 0.15) is 32.1 Å². The van der Waals surface area contributed by atoms with Crippen LogP contribution in [0, 0.1) is 0 Å². The number of alkyl halides is 3. The van der Waals surface area contributed by atoms with E-state index in [2.05, 4.69) is 0 Å². The minimum atomic E-state index is -4.28. The first-order chi connectivity index (χ1) is 7.96. The zero-order chi connectivity index (χ0) is 12.5. The Hall–Kier alpha value is -0.390. The molecular weight excluding hydrogens is 251 g/mol. The number of rotatable bonds is 3. The fraction of sp³-hybridized carbons (Fsp3) is 0.909. The lowest BCUT2D eigenvalue weighted by molar-refractivity contribution is -0.157. The van der Waals surface area contributed by atoms with Crippen molar-refractivity contribution in [3.63, 3.8) is 0 Å². The second kappa shape index (κ2) is 5.08. The lowest BCUT2D eigenvalue weighted by Gasteiger charge is -2.19. The average molecular weight is 267 g/mol. The fourth-order valence-corrected chi connectivity index (χ4v) is 4.04. The quantitative estimate of drug-likeness (QED) is 0.783. The van der Waals surface area contributed by atoms with E-state index in [-0.39, 0.29) is 17.7 Å². The first kappa shape index (κ1) is 13.1. The van der Waals surface area contributed by atoms with Gasteiger partial charge in [0, 0.05) is 11.8 Å². The van der Waals surface area contributed by atoms with Crippen LogP contribution in [0.2, 0.25) is 0 Å². The molecule has 0 aromatic rings. The van der Waals surface area contributed by atoms with Gasteiger partial charge in [-0.15, -0.1) is 11.8 Å². The number of halogens is 3. The maximum atomic E-state index is 12.2. The third kappa shape index (κ3) is 3.53. The molecule has 1 aliphatic heterocycles. The van der Waals surface area contributed by atoms with Crippen LogP contribution in [-0.4, -0.2) is 40.6 Å². The van der Waals surface area contributed by atoms with Gasteiger partial charge >= 0.3 is 6.18 Å². The average Bonchev–Trinajstić information content (AvgIpc) is 2.81. The number of hydrogen-bond acceptors (Lipinski definition) is 2. The SMILES string of the molecule is O=C1[C@H](SC2CCCC2)CCN1CC(F)(F)F. The van der Waals surface area contributed by atoms with Gasteiger partial charge in [-0.25, -0.2) is 0 Å². The lowest BCUT2D eigenvalue weighted by atomic mass is 10.3. The van der Waals surface area contributed by atoms with E-state index < -0.39 is 12.7 Å². The Labute approximate surface area is 103 Å². The van der Waals surface area contributed by atoms with Gasteiger partial charge in [-0.05, 0) is 19.3 Å². The van der Waals surface area contributed by atoms with Gasteiger partial charge in [0.15, 0.2) is 0 Å². The highest BCUT2D eigenvalue weighted by Crippen LogP contribution is 2.36. The van der Waals surface area contributed by atoms with Crippen molar-refractivity contribution in [2.75, 3.05) is 13.1 Å². The molecule has 6 heteroatoms. The molecule has 2 rings (SSSR count). The van der Waals surface area contributed by atoms with Crippen LogP contribution in [0.25, 0.3) is 0 Å². The van der Waals surface area contributed by atoms with Gasteiger partial charge in [-0.1, -0.05) is 12.8 Å². The molecule has 1 amide bonds. The number of nitrogens with zero attached hydrogens (tertiary/aromatic N) is 1. The van der Waals surface area contributed by atoms with Gasteiger partial charge in [0.25, 0.3) is 0 Å². The maximum absolute atomic E-state index is 12.2. The molecule has 0 bridgehead atoms. The monoisotopic (exact) mass is 267 g/mol. The zero-order valence-electron chi connectivity index (χ0n) is 9.50. The topological polar surface area (TPSA) is 20.3 Å². The summed E-state index contributed by atoms with van der Waals surface area (Å²) in [5.74, 6) is -0.320. The number of amides is 1. The summed E-state index contributed by atoms with van der Waals surface area (Å²) in [6, 6.07) is 0. The predicted octanol–water partition coefficient (Wildman–Crippen LogP) is 2.83. The summed E-state index contributed by atoms with van der Waals surface area (Å²) in [5, 5.41) is 0.246. The van der Waals surface area contributed by atoms with Crippen molar-refractivity contribution in [3.8, 4) is 0 Å². The summed E-state index contributed by atoms with van der Waals surface area (Å²) < 4.78 is 36.6. The van der Waals surface area contributed by atoms with Crippen LogP contribution in [0.3, 0.4) is 0 Å². The molecule has 2 fully saturated rings. The highest BCUT2D eigenvalue weighted by atomic mass is 32.2. The third-order valence-corrected chi connectivity index (χ3v) is 4.90. The van der Waals surface area contributed by atoms with Crippen molar-refractivity contribution in [1.29, 1.82) is 0 Å². The Morgan fingerprint density at radius 2 is 1.88 bits per heavy atom. The number of likely N-dealkylation sites (tertiary alicyclic amines) is 1. The minimum absolute atomic E-state index is 0.236. The van der Waals surface area contributed by atoms with Gasteiger partial charge in [0.05, 0.1) is 5.25 Å². The van der Waals surface area contributed by atoms with E-state index >= 15 is 0 Å². The zero-order valence-corrected chi connectivity index (χ0v) is 10.3. The van der Waals surface area contributed by atoms with Gasteiger partial charge in [0.1, 0.15) is 6.54 Å². The fourth-order valence-electron chi connectivity index (χ4n) is 2.47. The molecule has 98 valence electrons. The van der Waals surface area contributed by atoms with Gasteiger partial charge < -0.3 is 4.90 Å². The molecule has 0 aromatic carbocycles. The molecule has 0 spiro atoms.